The summed E-state index contributed by atoms with van der Waals surface area (Å²) in [6.07, 6.45) is 0. The molecule has 0 aromatic heterocycles. The number of phenols is 1. The molecule has 2 rings (SSSR count). The number of oxime groups is 1. The highest BCUT2D eigenvalue weighted by Gasteiger charge is 2.23. The number of aromatic carboxylic acids is 1. The molecule has 0 saturated carbocycles. The van der Waals surface area contributed by atoms with Gasteiger partial charge in [0.1, 0.15) is 29.4 Å². The number of hydrogen-bond acceptors (Lipinski definition) is 6. The third kappa shape index (κ3) is 6.15. The monoisotopic (exact) mass is 442 g/mol. The summed E-state index contributed by atoms with van der Waals surface area (Å²) in [4.78, 5) is 13.4. The van der Waals surface area contributed by atoms with Gasteiger partial charge in [0, 0.05) is 30.4 Å². The van der Waals surface area contributed by atoms with E-state index in [4.69, 9.17) is 9.84 Å². The van der Waals surface area contributed by atoms with Gasteiger partial charge < -0.3 is 25.1 Å². The van der Waals surface area contributed by atoms with Crippen LogP contribution in [0.4, 0.5) is 5.69 Å². The molecule has 7 nitrogen and oxygen atoms in total. The maximum atomic E-state index is 11.0. The molecule has 0 atom stereocenters. The van der Waals surface area contributed by atoms with Gasteiger partial charge in [-0.2, -0.15) is 0 Å². The third-order valence-electron chi connectivity index (χ3n) is 5.14. The van der Waals surface area contributed by atoms with E-state index >= 15 is 0 Å². The minimum absolute atomic E-state index is 0.0469. The van der Waals surface area contributed by atoms with Crippen LogP contribution in [0.2, 0.25) is 0 Å². The van der Waals surface area contributed by atoms with Crippen molar-refractivity contribution in [3.63, 3.8) is 0 Å². The molecule has 2 aromatic carbocycles. The van der Waals surface area contributed by atoms with Gasteiger partial charge >= 0.3 is 5.97 Å². The molecule has 0 spiro atoms. The van der Waals surface area contributed by atoms with Gasteiger partial charge in [0.2, 0.25) is 0 Å². The fourth-order valence-electron chi connectivity index (χ4n) is 3.53. The molecule has 0 radical (unpaired) electrons. The molecule has 3 N–H and O–H groups in total. The van der Waals surface area contributed by atoms with E-state index in [0.717, 1.165) is 29.9 Å². The van der Waals surface area contributed by atoms with Gasteiger partial charge in [-0.3, -0.25) is 0 Å². The van der Waals surface area contributed by atoms with Crippen molar-refractivity contribution in [3.05, 3.63) is 53.1 Å². The third-order valence-corrected chi connectivity index (χ3v) is 5.14. The number of anilines is 1. The zero-order valence-corrected chi connectivity index (χ0v) is 19.7. The van der Waals surface area contributed by atoms with Crippen LogP contribution >= 0.6 is 0 Å². The Balaban J connectivity index is 2.32. The standard InChI is InChI=1S/C25H34N2O5/c1-7-27(14-16(2)3)22-11-8-17(12-20(22)25(4,5)6)21(26-31)15-32-18-9-10-19(24(29)30)23(28)13-18/h8-13,16,28,31H,7,14-15H2,1-6H3,(H,29,30)/b26-21+. The first-order valence-electron chi connectivity index (χ1n) is 10.8. The van der Waals surface area contributed by atoms with Gasteiger partial charge in [0.15, 0.2) is 0 Å². The average molecular weight is 443 g/mol. The van der Waals surface area contributed by atoms with E-state index in [2.05, 4.69) is 57.7 Å². The second kappa shape index (κ2) is 10.4. The van der Waals surface area contributed by atoms with Crippen LogP contribution in [0, 0.1) is 5.92 Å². The second-order valence-electron chi connectivity index (χ2n) is 9.23. The molecule has 32 heavy (non-hydrogen) atoms. The molecular formula is C25H34N2O5. The number of carbonyl (C=O) groups is 1. The van der Waals surface area contributed by atoms with Crippen LogP contribution in [0.15, 0.2) is 41.6 Å². The fourth-order valence-corrected chi connectivity index (χ4v) is 3.53. The van der Waals surface area contributed by atoms with Crippen LogP contribution in [-0.4, -0.2) is 46.8 Å². The highest BCUT2D eigenvalue weighted by molar-refractivity contribution is 6.02. The molecular weight excluding hydrogens is 408 g/mol. The van der Waals surface area contributed by atoms with Crippen LogP contribution in [0.3, 0.4) is 0 Å². The Bertz CT molecular complexity index is 977. The van der Waals surface area contributed by atoms with Crippen molar-refractivity contribution in [2.75, 3.05) is 24.6 Å². The Labute approximate surface area is 189 Å². The number of carboxylic acid groups (broad SMARTS) is 1. The summed E-state index contributed by atoms with van der Waals surface area (Å²) in [5.74, 6) is -0.813. The number of rotatable bonds is 9. The highest BCUT2D eigenvalue weighted by atomic mass is 16.5. The Hall–Kier alpha value is -3.22. The lowest BCUT2D eigenvalue weighted by molar-refractivity contribution is 0.0693. The van der Waals surface area contributed by atoms with Gasteiger partial charge in [0.25, 0.3) is 0 Å². The summed E-state index contributed by atoms with van der Waals surface area (Å²) < 4.78 is 5.65. The van der Waals surface area contributed by atoms with Crippen LogP contribution in [0.25, 0.3) is 0 Å². The second-order valence-corrected chi connectivity index (χ2v) is 9.23. The Morgan fingerprint density at radius 2 is 1.84 bits per heavy atom. The first kappa shape index (κ1) is 25.0. The Kier molecular flexibility index (Phi) is 8.14. The van der Waals surface area contributed by atoms with Crippen molar-refractivity contribution in [1.82, 2.24) is 0 Å². The molecule has 0 unspecified atom stereocenters. The van der Waals surface area contributed by atoms with Crippen molar-refractivity contribution in [2.45, 2.75) is 47.0 Å². The number of carboxylic acids is 1. The minimum Gasteiger partial charge on any atom is -0.507 e. The zero-order valence-electron chi connectivity index (χ0n) is 19.7. The summed E-state index contributed by atoms with van der Waals surface area (Å²) in [6, 6.07) is 9.95. The molecule has 7 heteroatoms. The highest BCUT2D eigenvalue weighted by Crippen LogP contribution is 2.34. The van der Waals surface area contributed by atoms with Crippen LogP contribution in [0.5, 0.6) is 11.5 Å². The Morgan fingerprint density at radius 1 is 1.16 bits per heavy atom. The van der Waals surface area contributed by atoms with E-state index < -0.39 is 5.97 Å². The number of hydrogen-bond donors (Lipinski definition) is 3. The van der Waals surface area contributed by atoms with E-state index in [0.29, 0.717) is 11.6 Å². The zero-order chi connectivity index (χ0) is 24.1. The predicted molar refractivity (Wildman–Crippen MR) is 127 cm³/mol. The van der Waals surface area contributed by atoms with Crippen molar-refractivity contribution in [2.24, 2.45) is 11.1 Å². The number of aromatic hydroxyl groups is 1. The molecule has 174 valence electrons. The molecule has 0 aliphatic heterocycles. The van der Waals surface area contributed by atoms with Gasteiger partial charge in [-0.1, -0.05) is 45.8 Å². The van der Waals surface area contributed by atoms with E-state index in [1.165, 1.54) is 18.2 Å². The lowest BCUT2D eigenvalue weighted by Gasteiger charge is -2.32. The predicted octanol–water partition coefficient (Wildman–Crippen LogP) is 5.13. The molecule has 0 aliphatic rings. The van der Waals surface area contributed by atoms with Crippen LogP contribution < -0.4 is 9.64 Å². The molecule has 0 heterocycles. The summed E-state index contributed by atoms with van der Waals surface area (Å²) in [7, 11) is 0. The lowest BCUT2D eigenvalue weighted by Crippen LogP contribution is -2.30. The van der Waals surface area contributed by atoms with Crippen LogP contribution in [0.1, 0.15) is 63.0 Å². The smallest absolute Gasteiger partial charge is 0.339 e. The normalized spacial score (nSPS) is 12.2. The van der Waals surface area contributed by atoms with E-state index in [-0.39, 0.29) is 29.1 Å². The van der Waals surface area contributed by atoms with Gasteiger partial charge in [-0.25, -0.2) is 4.79 Å². The summed E-state index contributed by atoms with van der Waals surface area (Å²) in [5.41, 5.74) is 3.02. The molecule has 0 bridgehead atoms. The Morgan fingerprint density at radius 3 is 2.34 bits per heavy atom. The number of benzene rings is 2. The first-order chi connectivity index (χ1) is 15.0. The fraction of sp³-hybridized carbons (Fsp3) is 0.440. The minimum atomic E-state index is -1.22. The summed E-state index contributed by atoms with van der Waals surface area (Å²) in [5, 5.41) is 31.9. The van der Waals surface area contributed by atoms with Crippen molar-refractivity contribution < 1.29 is 25.0 Å². The van der Waals surface area contributed by atoms with Crippen molar-refractivity contribution in [1.29, 1.82) is 0 Å². The van der Waals surface area contributed by atoms with Gasteiger partial charge in [-0.15, -0.1) is 0 Å². The molecule has 0 saturated heterocycles. The molecule has 2 aromatic rings. The van der Waals surface area contributed by atoms with Crippen molar-refractivity contribution in [3.8, 4) is 11.5 Å². The summed E-state index contributed by atoms with van der Waals surface area (Å²) in [6.45, 7) is 14.8. The maximum Gasteiger partial charge on any atom is 0.339 e. The lowest BCUT2D eigenvalue weighted by atomic mass is 9.83. The van der Waals surface area contributed by atoms with Crippen LogP contribution in [-0.2, 0) is 5.41 Å². The van der Waals surface area contributed by atoms with E-state index in [1.54, 1.807) is 0 Å². The SMILES string of the molecule is CCN(CC(C)C)c1ccc(/C(COc2ccc(C(=O)O)c(O)c2)=N/O)cc1C(C)(C)C. The largest absolute Gasteiger partial charge is 0.507 e. The van der Waals surface area contributed by atoms with Crippen molar-refractivity contribution >= 4 is 17.4 Å². The topological polar surface area (TPSA) is 103 Å². The van der Waals surface area contributed by atoms with E-state index in [9.17, 15) is 15.1 Å². The maximum absolute atomic E-state index is 11.0. The molecule has 0 amide bonds. The first-order valence-corrected chi connectivity index (χ1v) is 10.8. The van der Waals surface area contributed by atoms with Gasteiger partial charge in [0.05, 0.1) is 0 Å². The quantitative estimate of drug-likeness (QED) is 0.283. The molecule has 0 aliphatic carbocycles. The molecule has 0 fully saturated rings. The summed E-state index contributed by atoms with van der Waals surface area (Å²) >= 11 is 0. The van der Waals surface area contributed by atoms with E-state index in [1.807, 2.05) is 12.1 Å². The number of ether oxygens (including phenoxy) is 1. The van der Waals surface area contributed by atoms with Gasteiger partial charge in [-0.05, 0) is 48.1 Å². The number of nitrogens with zero attached hydrogens (tertiary/aromatic N) is 2. The average Bonchev–Trinajstić information content (AvgIpc) is 2.71.